The van der Waals surface area contributed by atoms with E-state index < -0.39 is 24.0 Å². The summed E-state index contributed by atoms with van der Waals surface area (Å²) in [5.41, 5.74) is 6.52. The average Bonchev–Trinajstić information content (AvgIpc) is 2.73. The van der Waals surface area contributed by atoms with Crippen LogP contribution in [-0.4, -0.2) is 59.8 Å². The van der Waals surface area contributed by atoms with E-state index in [0.717, 1.165) is 0 Å². The van der Waals surface area contributed by atoms with Crippen molar-refractivity contribution in [3.05, 3.63) is 40.7 Å². The Morgan fingerprint density at radius 3 is 2.35 bits per heavy atom. The smallest absolute Gasteiger partial charge is 0.475 e. The molecule has 34 heavy (non-hydrogen) atoms. The first-order valence-corrected chi connectivity index (χ1v) is 9.89. The van der Waals surface area contributed by atoms with E-state index in [9.17, 15) is 22.8 Å². The van der Waals surface area contributed by atoms with Gasteiger partial charge in [-0.1, -0.05) is 31.5 Å². The first-order chi connectivity index (χ1) is 15.7. The molecule has 0 radical (unpaired) electrons. The Hall–Kier alpha value is -3.61. The van der Waals surface area contributed by atoms with Crippen LogP contribution in [0.1, 0.15) is 34.7 Å². The van der Waals surface area contributed by atoms with Gasteiger partial charge in [-0.15, -0.1) is 0 Å². The maximum atomic E-state index is 12.5. The number of carboxylic acid groups (broad SMARTS) is 1. The highest BCUT2D eigenvalue weighted by atomic mass is 35.5. The van der Waals surface area contributed by atoms with E-state index in [1.165, 1.54) is 13.2 Å². The Morgan fingerprint density at radius 2 is 1.85 bits per heavy atom. The number of carboxylic acids is 1. The summed E-state index contributed by atoms with van der Waals surface area (Å²) in [6, 6.07) is 6.31. The highest BCUT2D eigenvalue weighted by Crippen LogP contribution is 2.25. The summed E-state index contributed by atoms with van der Waals surface area (Å²) in [5.74, 6) is -3.08. The Labute approximate surface area is 197 Å². The van der Waals surface area contributed by atoms with Crippen molar-refractivity contribution >= 4 is 46.8 Å². The Bertz CT molecular complexity index is 1050. The SMILES string of the molecule is COC(=O)c1cccc(NC(=O)c2nc(Cl)c(N(C)CC(C)C)nc2N)c1.O=C(O)C(F)(F)F. The average molecular weight is 506 g/mol. The minimum absolute atomic E-state index is 0.0355. The predicted octanol–water partition coefficient (Wildman–Crippen LogP) is 3.48. The van der Waals surface area contributed by atoms with Gasteiger partial charge in [0.1, 0.15) is 0 Å². The summed E-state index contributed by atoms with van der Waals surface area (Å²) < 4.78 is 36.4. The van der Waals surface area contributed by atoms with Crippen LogP contribution in [0.15, 0.2) is 24.3 Å². The van der Waals surface area contributed by atoms with Gasteiger partial charge in [0.2, 0.25) is 0 Å². The number of carbonyl (C=O) groups is 3. The fourth-order valence-electron chi connectivity index (χ4n) is 2.49. The number of nitrogens with two attached hydrogens (primary N) is 1. The summed E-state index contributed by atoms with van der Waals surface area (Å²) in [7, 11) is 3.11. The molecule has 1 heterocycles. The Kier molecular flexibility index (Phi) is 10.0. The molecule has 0 saturated carbocycles. The van der Waals surface area contributed by atoms with Gasteiger partial charge < -0.3 is 25.8 Å². The predicted molar refractivity (Wildman–Crippen MR) is 119 cm³/mol. The molecule has 0 aliphatic heterocycles. The van der Waals surface area contributed by atoms with Crippen molar-refractivity contribution in [2.24, 2.45) is 5.92 Å². The van der Waals surface area contributed by atoms with Crippen molar-refractivity contribution in [2.45, 2.75) is 20.0 Å². The molecule has 0 aliphatic carbocycles. The molecule has 0 saturated heterocycles. The quantitative estimate of drug-likeness (QED) is 0.502. The van der Waals surface area contributed by atoms with Crippen molar-refractivity contribution in [3.63, 3.8) is 0 Å². The Morgan fingerprint density at radius 1 is 1.26 bits per heavy atom. The molecule has 0 spiro atoms. The molecule has 0 fully saturated rings. The zero-order chi connectivity index (χ0) is 26.2. The van der Waals surface area contributed by atoms with E-state index in [-0.39, 0.29) is 16.7 Å². The number of hydrogen-bond acceptors (Lipinski definition) is 8. The number of benzene rings is 1. The molecule has 2 rings (SSSR count). The van der Waals surface area contributed by atoms with Crippen molar-refractivity contribution < 1.29 is 37.4 Å². The van der Waals surface area contributed by atoms with Gasteiger partial charge in [0.05, 0.1) is 12.7 Å². The lowest BCUT2D eigenvalue weighted by Crippen LogP contribution is -2.26. The number of aliphatic carboxylic acids is 1. The number of nitrogens with one attached hydrogen (secondary N) is 1. The summed E-state index contributed by atoms with van der Waals surface area (Å²) in [6.07, 6.45) is -5.08. The van der Waals surface area contributed by atoms with Gasteiger partial charge in [-0.05, 0) is 24.1 Å². The van der Waals surface area contributed by atoms with E-state index in [2.05, 4.69) is 33.9 Å². The molecule has 0 atom stereocenters. The number of nitrogen functional groups attached to an aromatic ring is 1. The lowest BCUT2D eigenvalue weighted by atomic mass is 10.2. The van der Waals surface area contributed by atoms with Crippen molar-refractivity contribution in [2.75, 3.05) is 36.7 Å². The minimum atomic E-state index is -5.08. The number of ether oxygens (including phenoxy) is 1. The van der Waals surface area contributed by atoms with Gasteiger partial charge >= 0.3 is 18.1 Å². The third kappa shape index (κ3) is 8.39. The van der Waals surface area contributed by atoms with E-state index in [0.29, 0.717) is 29.5 Å². The zero-order valence-corrected chi connectivity index (χ0v) is 19.4. The molecule has 1 aromatic carbocycles. The van der Waals surface area contributed by atoms with Gasteiger partial charge in [-0.25, -0.2) is 19.6 Å². The highest BCUT2D eigenvalue weighted by molar-refractivity contribution is 6.32. The molecule has 186 valence electrons. The van der Waals surface area contributed by atoms with Crippen molar-refractivity contribution in [1.29, 1.82) is 0 Å². The molecular formula is C20H23ClF3N5O5. The molecule has 0 unspecified atom stereocenters. The summed E-state index contributed by atoms with van der Waals surface area (Å²) in [4.78, 5) is 43.2. The Balaban J connectivity index is 0.000000718. The second kappa shape index (κ2) is 12.0. The number of methoxy groups -OCH3 is 1. The number of aromatic nitrogens is 2. The summed E-state index contributed by atoms with van der Waals surface area (Å²) >= 11 is 6.20. The number of esters is 1. The molecule has 0 aliphatic rings. The van der Waals surface area contributed by atoms with Crippen LogP contribution >= 0.6 is 11.6 Å². The number of rotatable bonds is 6. The number of anilines is 3. The molecule has 1 amide bonds. The van der Waals surface area contributed by atoms with Crippen LogP contribution in [0.2, 0.25) is 5.15 Å². The third-order valence-electron chi connectivity index (χ3n) is 3.86. The van der Waals surface area contributed by atoms with Crippen molar-refractivity contribution in [3.8, 4) is 0 Å². The molecule has 2 aromatic rings. The topological polar surface area (TPSA) is 148 Å². The van der Waals surface area contributed by atoms with Gasteiger partial charge in [0.15, 0.2) is 22.5 Å². The summed E-state index contributed by atoms with van der Waals surface area (Å²) in [5, 5.41) is 9.83. The second-order valence-electron chi connectivity index (χ2n) is 7.18. The molecular weight excluding hydrogens is 483 g/mol. The van der Waals surface area contributed by atoms with Crippen LogP contribution in [0, 0.1) is 5.92 Å². The van der Waals surface area contributed by atoms with Crippen LogP contribution in [0.4, 0.5) is 30.5 Å². The highest BCUT2D eigenvalue weighted by Gasteiger charge is 2.38. The largest absolute Gasteiger partial charge is 0.490 e. The number of carbonyl (C=O) groups excluding carboxylic acids is 2. The molecule has 1 aromatic heterocycles. The zero-order valence-electron chi connectivity index (χ0n) is 18.6. The van der Waals surface area contributed by atoms with Crippen LogP contribution in [0.3, 0.4) is 0 Å². The van der Waals surface area contributed by atoms with Gasteiger partial charge in [0.25, 0.3) is 5.91 Å². The molecule has 4 N–H and O–H groups in total. The van der Waals surface area contributed by atoms with Crippen molar-refractivity contribution in [1.82, 2.24) is 9.97 Å². The van der Waals surface area contributed by atoms with Crippen LogP contribution in [-0.2, 0) is 9.53 Å². The molecule has 10 nitrogen and oxygen atoms in total. The lowest BCUT2D eigenvalue weighted by Gasteiger charge is -2.21. The normalized spacial score (nSPS) is 10.7. The minimum Gasteiger partial charge on any atom is -0.475 e. The van der Waals surface area contributed by atoms with E-state index in [1.54, 1.807) is 18.2 Å². The van der Waals surface area contributed by atoms with E-state index >= 15 is 0 Å². The second-order valence-corrected chi connectivity index (χ2v) is 7.53. The lowest BCUT2D eigenvalue weighted by molar-refractivity contribution is -0.192. The number of alkyl halides is 3. The third-order valence-corrected chi connectivity index (χ3v) is 4.12. The maximum absolute atomic E-state index is 12.5. The van der Waals surface area contributed by atoms with Gasteiger partial charge in [-0.2, -0.15) is 13.2 Å². The fourth-order valence-corrected chi connectivity index (χ4v) is 2.77. The number of halogens is 4. The standard InChI is InChI=1S/C18H22ClN5O3.C2HF3O2/c1-10(2)9-24(3)16-14(19)22-13(15(20)23-16)17(25)21-12-7-5-6-11(8-12)18(26)27-4;3-2(4,5)1(6)7/h5-8,10H,9H2,1-4H3,(H2,20,23)(H,21,25);(H,6,7). The fraction of sp³-hybridized carbons (Fsp3) is 0.350. The van der Waals surface area contributed by atoms with Crippen LogP contribution in [0.5, 0.6) is 0 Å². The number of amides is 1. The van der Waals surface area contributed by atoms with Gasteiger partial charge in [-0.3, -0.25) is 4.79 Å². The van der Waals surface area contributed by atoms with Crippen LogP contribution < -0.4 is 16.0 Å². The maximum Gasteiger partial charge on any atom is 0.490 e. The number of nitrogens with zero attached hydrogens (tertiary/aromatic N) is 3. The van der Waals surface area contributed by atoms with E-state index in [4.69, 9.17) is 27.2 Å². The first kappa shape index (κ1) is 28.4. The first-order valence-electron chi connectivity index (χ1n) is 9.51. The van der Waals surface area contributed by atoms with E-state index in [1.807, 2.05) is 11.9 Å². The molecule has 0 bridgehead atoms. The number of hydrogen-bond donors (Lipinski definition) is 3. The molecule has 14 heteroatoms. The van der Waals surface area contributed by atoms with Crippen LogP contribution in [0.25, 0.3) is 0 Å². The summed E-state index contributed by atoms with van der Waals surface area (Å²) in [6.45, 7) is 4.83. The van der Waals surface area contributed by atoms with Gasteiger partial charge in [0, 0.05) is 19.3 Å². The monoisotopic (exact) mass is 505 g/mol.